The van der Waals surface area contributed by atoms with Crippen molar-refractivity contribution < 1.29 is 9.47 Å². The van der Waals surface area contributed by atoms with Crippen molar-refractivity contribution >= 4 is 0 Å². The second-order valence-corrected chi connectivity index (χ2v) is 1.70. The number of nitrogens with one attached hydrogen (secondary N) is 1. The zero-order chi connectivity index (χ0) is 6.53. The molecular formula is C6H11NO2. The van der Waals surface area contributed by atoms with Gasteiger partial charge < -0.3 is 9.47 Å². The Bertz CT molecular complexity index is 103. The summed E-state index contributed by atoms with van der Waals surface area (Å²) in [6, 6.07) is 0. The molecule has 0 spiro atoms. The van der Waals surface area contributed by atoms with Gasteiger partial charge in [0, 0.05) is 13.2 Å². The molecule has 3 nitrogen and oxygen atoms in total. The Balaban J connectivity index is 2.18. The first-order valence-electron chi connectivity index (χ1n) is 3.09. The van der Waals surface area contributed by atoms with E-state index in [9.17, 15) is 0 Å². The molecule has 1 N–H and O–H groups in total. The number of hydrogen-bond acceptors (Lipinski definition) is 3. The summed E-state index contributed by atoms with van der Waals surface area (Å²) in [6.07, 6.45) is 3.31. The Labute approximate surface area is 54.6 Å². The third-order valence-corrected chi connectivity index (χ3v) is 1.02. The maximum atomic E-state index is 5.10. The van der Waals surface area contributed by atoms with Gasteiger partial charge in [-0.2, -0.15) is 0 Å². The van der Waals surface area contributed by atoms with Crippen molar-refractivity contribution in [1.29, 1.82) is 0 Å². The standard InChI is InChI=1S/C6H11NO2/c1-2-8-6-7-4-3-5-9-6/h3,5-7H,2,4H2,1H3. The average Bonchev–Trinajstić information content (AvgIpc) is 1.91. The molecule has 0 radical (unpaired) electrons. The van der Waals surface area contributed by atoms with Crippen LogP contribution in [0.15, 0.2) is 12.3 Å². The van der Waals surface area contributed by atoms with Crippen LogP contribution in [0.2, 0.25) is 0 Å². The van der Waals surface area contributed by atoms with Crippen molar-refractivity contribution in [3.63, 3.8) is 0 Å². The average molecular weight is 129 g/mol. The quantitative estimate of drug-likeness (QED) is 0.586. The van der Waals surface area contributed by atoms with E-state index >= 15 is 0 Å². The van der Waals surface area contributed by atoms with Gasteiger partial charge in [0.15, 0.2) is 0 Å². The predicted octanol–water partition coefficient (Wildman–Crippen LogP) is 0.440. The van der Waals surface area contributed by atoms with Gasteiger partial charge in [0.25, 0.3) is 6.41 Å². The molecule has 9 heavy (non-hydrogen) atoms. The van der Waals surface area contributed by atoms with Gasteiger partial charge >= 0.3 is 0 Å². The normalized spacial score (nSPS) is 25.7. The molecule has 0 aliphatic carbocycles. The largest absolute Gasteiger partial charge is 0.459 e. The monoisotopic (exact) mass is 129 g/mol. The van der Waals surface area contributed by atoms with Gasteiger partial charge in [-0.1, -0.05) is 0 Å². The molecule has 0 saturated carbocycles. The highest BCUT2D eigenvalue weighted by molar-refractivity contribution is 4.80. The van der Waals surface area contributed by atoms with Crippen LogP contribution in [-0.2, 0) is 9.47 Å². The topological polar surface area (TPSA) is 30.5 Å². The molecule has 0 fully saturated rings. The van der Waals surface area contributed by atoms with E-state index in [4.69, 9.17) is 9.47 Å². The van der Waals surface area contributed by atoms with E-state index in [0.717, 1.165) is 6.54 Å². The third kappa shape index (κ3) is 2.03. The number of rotatable bonds is 2. The van der Waals surface area contributed by atoms with E-state index in [1.54, 1.807) is 6.26 Å². The van der Waals surface area contributed by atoms with Crippen molar-refractivity contribution in [3.8, 4) is 0 Å². The zero-order valence-electron chi connectivity index (χ0n) is 5.46. The van der Waals surface area contributed by atoms with E-state index in [0.29, 0.717) is 6.61 Å². The second kappa shape index (κ2) is 3.48. The third-order valence-electron chi connectivity index (χ3n) is 1.02. The fourth-order valence-electron chi connectivity index (χ4n) is 0.637. The SMILES string of the molecule is CCOC1NCC=CO1. The second-order valence-electron chi connectivity index (χ2n) is 1.70. The van der Waals surface area contributed by atoms with E-state index in [-0.39, 0.29) is 6.41 Å². The summed E-state index contributed by atoms with van der Waals surface area (Å²) in [6.45, 7) is 3.43. The highest BCUT2D eigenvalue weighted by atomic mass is 16.7. The van der Waals surface area contributed by atoms with Crippen LogP contribution in [0.5, 0.6) is 0 Å². The Morgan fingerprint density at radius 3 is 3.33 bits per heavy atom. The van der Waals surface area contributed by atoms with Gasteiger partial charge in [0.2, 0.25) is 0 Å². The fraction of sp³-hybridized carbons (Fsp3) is 0.667. The van der Waals surface area contributed by atoms with Crippen LogP contribution < -0.4 is 5.32 Å². The van der Waals surface area contributed by atoms with Gasteiger partial charge in [-0.25, -0.2) is 0 Å². The van der Waals surface area contributed by atoms with Crippen LogP contribution in [0.4, 0.5) is 0 Å². The fourth-order valence-corrected chi connectivity index (χ4v) is 0.637. The molecule has 1 atom stereocenters. The zero-order valence-corrected chi connectivity index (χ0v) is 5.46. The maximum absolute atomic E-state index is 5.10. The molecule has 0 aromatic rings. The summed E-state index contributed by atoms with van der Waals surface area (Å²) in [5.41, 5.74) is 0. The molecule has 0 amide bonds. The maximum Gasteiger partial charge on any atom is 0.259 e. The van der Waals surface area contributed by atoms with Crippen molar-refractivity contribution in [3.05, 3.63) is 12.3 Å². The molecule has 1 aliphatic heterocycles. The van der Waals surface area contributed by atoms with Crippen LogP contribution in [0.1, 0.15) is 6.92 Å². The summed E-state index contributed by atoms with van der Waals surface area (Å²) < 4.78 is 10.1. The molecule has 1 aliphatic rings. The minimum absolute atomic E-state index is 0.236. The van der Waals surface area contributed by atoms with Gasteiger partial charge in [0.05, 0.1) is 6.26 Å². The highest BCUT2D eigenvalue weighted by Crippen LogP contribution is 1.95. The summed E-state index contributed by atoms with van der Waals surface area (Å²) in [7, 11) is 0. The van der Waals surface area contributed by atoms with E-state index < -0.39 is 0 Å². The lowest BCUT2D eigenvalue weighted by Gasteiger charge is -2.19. The molecule has 0 bridgehead atoms. The lowest BCUT2D eigenvalue weighted by atomic mass is 10.6. The van der Waals surface area contributed by atoms with Crippen LogP contribution in [0, 0.1) is 0 Å². The molecule has 0 aromatic heterocycles. The minimum Gasteiger partial charge on any atom is -0.459 e. The summed E-state index contributed by atoms with van der Waals surface area (Å²) >= 11 is 0. The van der Waals surface area contributed by atoms with Crippen molar-refractivity contribution in [2.24, 2.45) is 0 Å². The molecule has 1 rings (SSSR count). The molecule has 52 valence electrons. The lowest BCUT2D eigenvalue weighted by molar-refractivity contribution is -0.126. The van der Waals surface area contributed by atoms with Crippen molar-refractivity contribution in [2.45, 2.75) is 13.3 Å². The van der Waals surface area contributed by atoms with Gasteiger partial charge in [-0.05, 0) is 13.0 Å². The number of ether oxygens (including phenoxy) is 2. The van der Waals surface area contributed by atoms with Crippen molar-refractivity contribution in [2.75, 3.05) is 13.2 Å². The van der Waals surface area contributed by atoms with E-state index in [1.807, 2.05) is 13.0 Å². The number of hydrogen-bond donors (Lipinski definition) is 1. The molecular weight excluding hydrogens is 118 g/mol. The first-order valence-corrected chi connectivity index (χ1v) is 3.09. The Hall–Kier alpha value is -0.540. The lowest BCUT2D eigenvalue weighted by Crippen LogP contribution is -2.35. The van der Waals surface area contributed by atoms with Crippen LogP contribution in [0.3, 0.4) is 0 Å². The molecule has 1 unspecified atom stereocenters. The smallest absolute Gasteiger partial charge is 0.259 e. The Morgan fingerprint density at radius 2 is 2.78 bits per heavy atom. The van der Waals surface area contributed by atoms with Crippen molar-refractivity contribution in [1.82, 2.24) is 5.32 Å². The van der Waals surface area contributed by atoms with E-state index in [2.05, 4.69) is 5.32 Å². The van der Waals surface area contributed by atoms with Gasteiger partial charge in [-0.3, -0.25) is 5.32 Å². The van der Waals surface area contributed by atoms with Gasteiger partial charge in [-0.15, -0.1) is 0 Å². The first-order chi connectivity index (χ1) is 4.43. The highest BCUT2D eigenvalue weighted by Gasteiger charge is 2.06. The summed E-state index contributed by atoms with van der Waals surface area (Å²) in [5, 5.41) is 2.99. The molecule has 1 heterocycles. The minimum atomic E-state index is -0.236. The van der Waals surface area contributed by atoms with E-state index in [1.165, 1.54) is 0 Å². The Morgan fingerprint density at radius 1 is 1.89 bits per heavy atom. The predicted molar refractivity (Wildman–Crippen MR) is 33.6 cm³/mol. The Kier molecular flexibility index (Phi) is 2.54. The summed E-state index contributed by atoms with van der Waals surface area (Å²) in [5.74, 6) is 0. The summed E-state index contributed by atoms with van der Waals surface area (Å²) in [4.78, 5) is 0. The first kappa shape index (κ1) is 6.58. The molecule has 0 saturated heterocycles. The van der Waals surface area contributed by atoms with Crippen LogP contribution in [-0.4, -0.2) is 19.6 Å². The van der Waals surface area contributed by atoms with Gasteiger partial charge in [0.1, 0.15) is 0 Å². The van der Waals surface area contributed by atoms with Crippen LogP contribution >= 0.6 is 0 Å². The van der Waals surface area contributed by atoms with Crippen LogP contribution in [0.25, 0.3) is 0 Å². The molecule has 0 aromatic carbocycles. The molecule has 3 heteroatoms.